The average Bonchev–Trinajstić information content (AvgIpc) is 2.48. The zero-order valence-electron chi connectivity index (χ0n) is 11.0. The summed E-state index contributed by atoms with van der Waals surface area (Å²) in [6.07, 6.45) is -0.737. The summed E-state index contributed by atoms with van der Waals surface area (Å²) in [5, 5.41) is 13.4. The van der Waals surface area contributed by atoms with Crippen molar-refractivity contribution < 1.29 is 14.2 Å². The summed E-state index contributed by atoms with van der Waals surface area (Å²) < 4.78 is 18.6. The summed E-state index contributed by atoms with van der Waals surface area (Å²) in [6, 6.07) is 11.2. The Labute approximate surface area is 132 Å². The molecular formula is C15H14Cl2FNO2. The van der Waals surface area contributed by atoms with Crippen LogP contribution in [-0.4, -0.2) is 24.4 Å². The molecule has 2 aromatic rings. The van der Waals surface area contributed by atoms with Crippen LogP contribution in [0, 0.1) is 5.82 Å². The second-order valence-electron chi connectivity index (χ2n) is 4.43. The van der Waals surface area contributed by atoms with E-state index in [0.29, 0.717) is 16.5 Å². The van der Waals surface area contributed by atoms with E-state index >= 15 is 0 Å². The monoisotopic (exact) mass is 329 g/mol. The fourth-order valence-electron chi connectivity index (χ4n) is 1.62. The van der Waals surface area contributed by atoms with Crippen LogP contribution in [0.3, 0.4) is 0 Å². The minimum atomic E-state index is -0.737. The molecule has 0 aliphatic rings. The smallest absolute Gasteiger partial charge is 0.143 e. The Morgan fingerprint density at radius 2 is 1.86 bits per heavy atom. The van der Waals surface area contributed by atoms with Crippen LogP contribution < -0.4 is 10.1 Å². The highest BCUT2D eigenvalue weighted by molar-refractivity contribution is 6.31. The van der Waals surface area contributed by atoms with Crippen LogP contribution in [0.4, 0.5) is 10.1 Å². The molecule has 112 valence electrons. The van der Waals surface area contributed by atoms with Gasteiger partial charge in [-0.25, -0.2) is 4.39 Å². The Balaban J connectivity index is 1.77. The lowest BCUT2D eigenvalue weighted by atomic mass is 10.3. The van der Waals surface area contributed by atoms with Gasteiger partial charge in [0.1, 0.15) is 24.3 Å². The summed E-state index contributed by atoms with van der Waals surface area (Å²) in [5.74, 6) is 0.115. The van der Waals surface area contributed by atoms with Gasteiger partial charge in [-0.15, -0.1) is 0 Å². The van der Waals surface area contributed by atoms with Gasteiger partial charge in [-0.1, -0.05) is 23.2 Å². The van der Waals surface area contributed by atoms with E-state index < -0.39 is 11.9 Å². The van der Waals surface area contributed by atoms with Gasteiger partial charge in [0.2, 0.25) is 0 Å². The lowest BCUT2D eigenvalue weighted by Crippen LogP contribution is -2.26. The first-order valence-corrected chi connectivity index (χ1v) is 7.05. The fraction of sp³-hybridized carbons (Fsp3) is 0.200. The number of halogens is 3. The zero-order valence-corrected chi connectivity index (χ0v) is 12.5. The van der Waals surface area contributed by atoms with Crippen molar-refractivity contribution in [3.05, 3.63) is 58.3 Å². The Kier molecular flexibility index (Phi) is 5.67. The van der Waals surface area contributed by atoms with E-state index in [9.17, 15) is 9.50 Å². The molecule has 1 unspecified atom stereocenters. The Hall–Kier alpha value is -1.49. The normalized spacial score (nSPS) is 12.0. The van der Waals surface area contributed by atoms with Gasteiger partial charge in [-0.05, 0) is 42.5 Å². The van der Waals surface area contributed by atoms with Crippen LogP contribution in [-0.2, 0) is 0 Å². The molecule has 0 aliphatic carbocycles. The fourth-order valence-corrected chi connectivity index (χ4v) is 1.87. The predicted octanol–water partition coefficient (Wildman–Crippen LogP) is 3.98. The van der Waals surface area contributed by atoms with Gasteiger partial charge >= 0.3 is 0 Å². The van der Waals surface area contributed by atoms with E-state index in [-0.39, 0.29) is 18.2 Å². The maximum Gasteiger partial charge on any atom is 0.143 e. The van der Waals surface area contributed by atoms with Gasteiger partial charge in [-0.2, -0.15) is 0 Å². The van der Waals surface area contributed by atoms with Crippen molar-refractivity contribution in [1.82, 2.24) is 0 Å². The van der Waals surface area contributed by atoms with E-state index in [1.54, 1.807) is 30.3 Å². The summed E-state index contributed by atoms with van der Waals surface area (Å²) in [7, 11) is 0. The first-order chi connectivity index (χ1) is 10.0. The van der Waals surface area contributed by atoms with Crippen molar-refractivity contribution in [2.24, 2.45) is 0 Å². The molecule has 0 fully saturated rings. The van der Waals surface area contributed by atoms with Crippen LogP contribution in [0.5, 0.6) is 5.75 Å². The number of rotatable bonds is 6. The molecule has 0 saturated carbocycles. The molecule has 0 amide bonds. The molecule has 2 N–H and O–H groups in total. The molecule has 0 radical (unpaired) electrons. The molecule has 3 nitrogen and oxygen atoms in total. The number of hydrogen-bond donors (Lipinski definition) is 2. The number of aliphatic hydroxyl groups excluding tert-OH is 1. The van der Waals surface area contributed by atoms with Gasteiger partial charge in [0.25, 0.3) is 0 Å². The highest BCUT2D eigenvalue weighted by atomic mass is 35.5. The third-order valence-electron chi connectivity index (χ3n) is 2.72. The highest BCUT2D eigenvalue weighted by Gasteiger charge is 2.07. The van der Waals surface area contributed by atoms with Gasteiger partial charge < -0.3 is 15.2 Å². The molecule has 0 aromatic heterocycles. The molecule has 6 heteroatoms. The number of nitrogens with one attached hydrogen (secondary N) is 1. The van der Waals surface area contributed by atoms with E-state index in [0.717, 1.165) is 0 Å². The maximum absolute atomic E-state index is 13.2. The van der Waals surface area contributed by atoms with Crippen LogP contribution >= 0.6 is 23.2 Å². The third kappa shape index (κ3) is 5.08. The van der Waals surface area contributed by atoms with Crippen LogP contribution in [0.1, 0.15) is 0 Å². The zero-order chi connectivity index (χ0) is 15.2. The highest BCUT2D eigenvalue weighted by Crippen LogP contribution is 2.19. The van der Waals surface area contributed by atoms with E-state index in [1.807, 2.05) is 0 Å². The van der Waals surface area contributed by atoms with Crippen LogP contribution in [0.2, 0.25) is 10.0 Å². The Bertz CT molecular complexity index is 593. The standard InChI is InChI=1S/C15H14Cl2FNO2/c16-10-1-4-13(5-2-10)21-9-12(20)8-19-11-3-6-14(17)15(18)7-11/h1-7,12,19-20H,8-9H2. The minimum absolute atomic E-state index is 0.0622. The van der Waals surface area contributed by atoms with Gasteiger partial charge in [-0.3, -0.25) is 0 Å². The number of aliphatic hydroxyl groups is 1. The number of anilines is 1. The molecule has 21 heavy (non-hydrogen) atoms. The lowest BCUT2D eigenvalue weighted by Gasteiger charge is -2.14. The molecule has 0 bridgehead atoms. The molecule has 0 spiro atoms. The Morgan fingerprint density at radius 1 is 1.14 bits per heavy atom. The minimum Gasteiger partial charge on any atom is -0.491 e. The largest absolute Gasteiger partial charge is 0.491 e. The second kappa shape index (κ2) is 7.50. The molecular weight excluding hydrogens is 316 g/mol. The average molecular weight is 330 g/mol. The van der Waals surface area contributed by atoms with Crippen molar-refractivity contribution in [1.29, 1.82) is 0 Å². The lowest BCUT2D eigenvalue weighted by molar-refractivity contribution is 0.117. The molecule has 1 atom stereocenters. The molecule has 0 heterocycles. The summed E-state index contributed by atoms with van der Waals surface area (Å²) in [6.45, 7) is 0.347. The topological polar surface area (TPSA) is 41.5 Å². The van der Waals surface area contributed by atoms with Gasteiger partial charge in [0.15, 0.2) is 0 Å². The van der Waals surface area contributed by atoms with Crippen LogP contribution in [0.25, 0.3) is 0 Å². The van der Waals surface area contributed by atoms with E-state index in [1.165, 1.54) is 12.1 Å². The first-order valence-electron chi connectivity index (χ1n) is 6.30. The van der Waals surface area contributed by atoms with E-state index in [2.05, 4.69) is 5.32 Å². The second-order valence-corrected chi connectivity index (χ2v) is 5.27. The van der Waals surface area contributed by atoms with Gasteiger partial charge in [0.05, 0.1) is 5.02 Å². The van der Waals surface area contributed by atoms with Crippen molar-refractivity contribution >= 4 is 28.9 Å². The summed E-state index contributed by atoms with van der Waals surface area (Å²) in [4.78, 5) is 0. The molecule has 2 rings (SSSR count). The van der Waals surface area contributed by atoms with Gasteiger partial charge in [0, 0.05) is 17.3 Å². The molecule has 0 aliphatic heterocycles. The van der Waals surface area contributed by atoms with Crippen molar-refractivity contribution in [2.45, 2.75) is 6.10 Å². The molecule has 2 aromatic carbocycles. The Morgan fingerprint density at radius 3 is 2.52 bits per heavy atom. The quantitative estimate of drug-likeness (QED) is 0.842. The SMILES string of the molecule is OC(CNc1ccc(Cl)c(F)c1)COc1ccc(Cl)cc1. The summed E-state index contributed by atoms with van der Waals surface area (Å²) >= 11 is 11.4. The van der Waals surface area contributed by atoms with Crippen LogP contribution in [0.15, 0.2) is 42.5 Å². The number of hydrogen-bond acceptors (Lipinski definition) is 3. The van der Waals surface area contributed by atoms with Crippen molar-refractivity contribution in [3.8, 4) is 5.75 Å². The molecule has 0 saturated heterocycles. The van der Waals surface area contributed by atoms with E-state index in [4.69, 9.17) is 27.9 Å². The van der Waals surface area contributed by atoms with Crippen molar-refractivity contribution in [2.75, 3.05) is 18.5 Å². The first kappa shape index (κ1) is 15.9. The maximum atomic E-state index is 13.2. The third-order valence-corrected chi connectivity index (χ3v) is 3.28. The summed E-state index contributed by atoms with van der Waals surface area (Å²) in [5.41, 5.74) is 0.544. The predicted molar refractivity (Wildman–Crippen MR) is 82.9 cm³/mol. The van der Waals surface area contributed by atoms with Crippen molar-refractivity contribution in [3.63, 3.8) is 0 Å². The number of ether oxygens (including phenoxy) is 1. The number of benzene rings is 2.